The van der Waals surface area contributed by atoms with Gasteiger partial charge in [-0.1, -0.05) is 23.4 Å². The van der Waals surface area contributed by atoms with Gasteiger partial charge >= 0.3 is 5.97 Å². The summed E-state index contributed by atoms with van der Waals surface area (Å²) >= 11 is 1.28. The lowest BCUT2D eigenvalue weighted by Gasteiger charge is -2.02. The SMILES string of the molecule is O=C(CSc1ccc(F)cc1)OCc1cc(-c2cc3ccccc3o2)on1. The third kappa shape index (κ3) is 4.20. The average Bonchev–Trinajstić information content (AvgIpc) is 3.32. The molecule has 4 aromatic rings. The predicted molar refractivity (Wildman–Crippen MR) is 98.6 cm³/mol. The number of carbonyl (C=O) groups is 1. The molecule has 0 bridgehead atoms. The lowest BCUT2D eigenvalue weighted by molar-refractivity contribution is -0.141. The van der Waals surface area contributed by atoms with E-state index >= 15 is 0 Å². The number of esters is 1. The van der Waals surface area contributed by atoms with Crippen LogP contribution in [-0.2, 0) is 16.1 Å². The van der Waals surface area contributed by atoms with Crippen molar-refractivity contribution in [3.63, 3.8) is 0 Å². The first-order valence-corrected chi connectivity index (χ1v) is 9.14. The molecule has 4 rings (SSSR count). The van der Waals surface area contributed by atoms with E-state index in [1.165, 1.54) is 23.9 Å². The van der Waals surface area contributed by atoms with Crippen molar-refractivity contribution in [2.75, 3.05) is 5.75 Å². The number of fused-ring (bicyclic) bond motifs is 1. The van der Waals surface area contributed by atoms with Crippen molar-refractivity contribution in [2.24, 2.45) is 0 Å². The second kappa shape index (κ2) is 7.67. The molecular formula is C20H14FNO4S. The fraction of sp³-hybridized carbons (Fsp3) is 0.100. The number of nitrogens with zero attached hydrogens (tertiary/aromatic N) is 1. The van der Waals surface area contributed by atoms with Gasteiger partial charge in [0.25, 0.3) is 0 Å². The van der Waals surface area contributed by atoms with E-state index in [1.807, 2.05) is 30.3 Å². The zero-order chi connectivity index (χ0) is 18.6. The maximum Gasteiger partial charge on any atom is 0.316 e. The quantitative estimate of drug-likeness (QED) is 0.342. The lowest BCUT2D eigenvalue weighted by atomic mass is 10.2. The highest BCUT2D eigenvalue weighted by molar-refractivity contribution is 8.00. The van der Waals surface area contributed by atoms with Crippen LogP contribution in [0.1, 0.15) is 5.69 Å². The fourth-order valence-corrected chi connectivity index (χ4v) is 3.16. The van der Waals surface area contributed by atoms with Crippen LogP contribution in [0.4, 0.5) is 4.39 Å². The summed E-state index contributed by atoms with van der Waals surface area (Å²) in [6.45, 7) is 0.00649. The van der Waals surface area contributed by atoms with Crippen LogP contribution < -0.4 is 0 Å². The number of halogens is 1. The molecule has 0 atom stereocenters. The summed E-state index contributed by atoms with van der Waals surface area (Å²) in [6, 6.07) is 17.1. The van der Waals surface area contributed by atoms with Crippen LogP contribution in [-0.4, -0.2) is 16.9 Å². The standard InChI is InChI=1S/C20H14FNO4S/c21-14-5-7-16(8-6-14)27-12-20(23)24-11-15-10-19(26-22-15)18-9-13-3-1-2-4-17(13)25-18/h1-10H,11-12H2. The molecule has 0 amide bonds. The van der Waals surface area contributed by atoms with Crippen molar-refractivity contribution in [3.8, 4) is 11.5 Å². The Morgan fingerprint density at radius 3 is 2.70 bits per heavy atom. The summed E-state index contributed by atoms with van der Waals surface area (Å²) in [5.41, 5.74) is 1.25. The minimum Gasteiger partial charge on any atom is -0.458 e. The second-order valence-corrected chi connectivity index (χ2v) is 6.78. The molecule has 2 aromatic heterocycles. The molecule has 5 nitrogen and oxygen atoms in total. The van der Waals surface area contributed by atoms with Crippen molar-refractivity contribution in [1.29, 1.82) is 0 Å². The number of thioether (sulfide) groups is 1. The minimum atomic E-state index is -0.391. The Balaban J connectivity index is 1.32. The van der Waals surface area contributed by atoms with Crippen LogP contribution in [0.15, 0.2) is 74.5 Å². The molecule has 136 valence electrons. The molecule has 0 saturated heterocycles. The summed E-state index contributed by atoms with van der Waals surface area (Å²) in [4.78, 5) is 12.7. The normalized spacial score (nSPS) is 11.0. The Bertz CT molecular complexity index is 1040. The van der Waals surface area contributed by atoms with Gasteiger partial charge in [0, 0.05) is 16.3 Å². The molecule has 0 N–H and O–H groups in total. The van der Waals surface area contributed by atoms with Gasteiger partial charge in [0.15, 0.2) is 5.76 Å². The van der Waals surface area contributed by atoms with Gasteiger partial charge in [-0.3, -0.25) is 4.79 Å². The largest absolute Gasteiger partial charge is 0.458 e. The minimum absolute atomic E-state index is 0.00649. The summed E-state index contributed by atoms with van der Waals surface area (Å²) in [7, 11) is 0. The van der Waals surface area contributed by atoms with Gasteiger partial charge in [0.1, 0.15) is 23.7 Å². The van der Waals surface area contributed by atoms with Gasteiger partial charge in [-0.15, -0.1) is 11.8 Å². The monoisotopic (exact) mass is 383 g/mol. The zero-order valence-electron chi connectivity index (χ0n) is 14.1. The van der Waals surface area contributed by atoms with E-state index in [0.717, 1.165) is 15.9 Å². The highest BCUT2D eigenvalue weighted by Crippen LogP contribution is 2.28. The van der Waals surface area contributed by atoms with E-state index in [4.69, 9.17) is 13.7 Å². The number of hydrogen-bond donors (Lipinski definition) is 0. The molecule has 2 aromatic carbocycles. The summed E-state index contributed by atoms with van der Waals surface area (Å²) in [5, 5.41) is 4.87. The van der Waals surface area contributed by atoms with E-state index in [9.17, 15) is 9.18 Å². The highest BCUT2D eigenvalue weighted by atomic mass is 32.2. The van der Waals surface area contributed by atoms with E-state index in [2.05, 4.69) is 5.16 Å². The molecule has 0 aliphatic heterocycles. The van der Waals surface area contributed by atoms with Crippen molar-refractivity contribution >= 4 is 28.7 Å². The first kappa shape index (κ1) is 17.4. The Labute approximate surface area is 158 Å². The molecule has 0 fully saturated rings. The van der Waals surface area contributed by atoms with Gasteiger partial charge < -0.3 is 13.7 Å². The van der Waals surface area contributed by atoms with Crippen molar-refractivity contribution < 1.29 is 22.9 Å². The number of rotatable bonds is 6. The number of aromatic nitrogens is 1. The fourth-order valence-electron chi connectivity index (χ4n) is 2.47. The Morgan fingerprint density at radius 2 is 1.89 bits per heavy atom. The molecule has 27 heavy (non-hydrogen) atoms. The topological polar surface area (TPSA) is 65.5 Å². The molecule has 7 heteroatoms. The number of ether oxygens (including phenoxy) is 1. The average molecular weight is 383 g/mol. The number of furan rings is 1. The van der Waals surface area contributed by atoms with Gasteiger partial charge in [-0.25, -0.2) is 4.39 Å². The molecule has 0 aliphatic rings. The third-order valence-corrected chi connectivity index (χ3v) is 4.76. The lowest BCUT2D eigenvalue weighted by Crippen LogP contribution is -2.07. The first-order valence-electron chi connectivity index (χ1n) is 8.16. The maximum atomic E-state index is 12.9. The second-order valence-electron chi connectivity index (χ2n) is 5.73. The number of benzene rings is 2. The number of carbonyl (C=O) groups excluding carboxylic acids is 1. The van der Waals surface area contributed by atoms with Crippen molar-refractivity contribution in [2.45, 2.75) is 11.5 Å². The summed E-state index contributed by atoms with van der Waals surface area (Å²) < 4.78 is 29.0. The van der Waals surface area contributed by atoms with Crippen molar-refractivity contribution in [3.05, 3.63) is 72.2 Å². The van der Waals surface area contributed by atoms with Gasteiger partial charge in [0.2, 0.25) is 5.76 Å². The van der Waals surface area contributed by atoms with Crippen LogP contribution in [0.2, 0.25) is 0 Å². The van der Waals surface area contributed by atoms with Crippen LogP contribution in [0.25, 0.3) is 22.5 Å². The highest BCUT2D eigenvalue weighted by Gasteiger charge is 2.13. The third-order valence-electron chi connectivity index (χ3n) is 3.78. The maximum absolute atomic E-state index is 12.9. The van der Waals surface area contributed by atoms with Gasteiger partial charge in [0.05, 0.1) is 5.75 Å². The number of para-hydroxylation sites is 1. The smallest absolute Gasteiger partial charge is 0.316 e. The molecule has 2 heterocycles. The molecule has 0 aliphatic carbocycles. The zero-order valence-corrected chi connectivity index (χ0v) is 14.9. The molecule has 0 saturated carbocycles. The number of hydrogen-bond acceptors (Lipinski definition) is 6. The van der Waals surface area contributed by atoms with Crippen LogP contribution in [0.3, 0.4) is 0 Å². The Hall–Kier alpha value is -3.06. The van der Waals surface area contributed by atoms with Crippen molar-refractivity contribution in [1.82, 2.24) is 5.16 Å². The Morgan fingerprint density at radius 1 is 1.07 bits per heavy atom. The first-order chi connectivity index (χ1) is 13.2. The van der Waals surface area contributed by atoms with Crippen LogP contribution in [0, 0.1) is 5.82 Å². The summed E-state index contributed by atoms with van der Waals surface area (Å²) in [6.07, 6.45) is 0. The van der Waals surface area contributed by atoms with E-state index in [0.29, 0.717) is 17.2 Å². The Kier molecular flexibility index (Phi) is 4.93. The molecule has 0 radical (unpaired) electrons. The molecule has 0 unspecified atom stereocenters. The van der Waals surface area contributed by atoms with Crippen LogP contribution in [0.5, 0.6) is 0 Å². The van der Waals surface area contributed by atoms with Gasteiger partial charge in [-0.05, 0) is 36.4 Å². The van der Waals surface area contributed by atoms with Gasteiger partial charge in [-0.2, -0.15) is 0 Å². The summed E-state index contributed by atoms with van der Waals surface area (Å²) in [5.74, 6) is 0.455. The van der Waals surface area contributed by atoms with E-state index in [-0.39, 0.29) is 18.2 Å². The molecular weight excluding hydrogens is 369 g/mol. The molecule has 0 spiro atoms. The predicted octanol–water partition coefficient (Wildman–Crippen LogP) is 5.06. The van der Waals surface area contributed by atoms with Crippen LogP contribution >= 0.6 is 11.8 Å². The van der Waals surface area contributed by atoms with E-state index in [1.54, 1.807) is 18.2 Å². The van der Waals surface area contributed by atoms with E-state index < -0.39 is 5.97 Å².